The summed E-state index contributed by atoms with van der Waals surface area (Å²) in [5, 5.41) is 2.25. The lowest BCUT2D eigenvalue weighted by Crippen LogP contribution is -2.63. The summed E-state index contributed by atoms with van der Waals surface area (Å²) in [5.41, 5.74) is -0.270. The van der Waals surface area contributed by atoms with Crippen molar-refractivity contribution >= 4 is 17.8 Å². The molecule has 174 valence electrons. The van der Waals surface area contributed by atoms with Crippen LogP contribution >= 0.6 is 0 Å². The number of ether oxygens (including phenoxy) is 2. The van der Waals surface area contributed by atoms with E-state index in [4.69, 9.17) is 9.47 Å². The lowest BCUT2D eigenvalue weighted by molar-refractivity contribution is -0.131. The molecule has 2 aromatic carbocycles. The van der Waals surface area contributed by atoms with Crippen LogP contribution in [0.5, 0.6) is 11.5 Å². The Bertz CT molecular complexity index is 1150. The molecule has 4 rings (SSSR count). The zero-order valence-corrected chi connectivity index (χ0v) is 18.6. The quantitative estimate of drug-likeness (QED) is 0.671. The Balaban J connectivity index is 1.69. The number of methoxy groups -OCH3 is 1. The zero-order valence-electron chi connectivity index (χ0n) is 18.6. The molecule has 1 N–H and O–H groups in total. The van der Waals surface area contributed by atoms with Crippen molar-refractivity contribution in [2.24, 2.45) is 0 Å². The van der Waals surface area contributed by atoms with Crippen LogP contribution in [0.3, 0.4) is 0 Å². The Labute approximate surface area is 189 Å². The number of urea groups is 1. The first-order chi connectivity index (χ1) is 15.6. The maximum atomic E-state index is 14.4. The second-order valence-corrected chi connectivity index (χ2v) is 8.22. The van der Waals surface area contributed by atoms with Crippen molar-refractivity contribution in [2.75, 3.05) is 20.7 Å². The number of hydrogen-bond acceptors (Lipinski definition) is 5. The number of amides is 4. The highest BCUT2D eigenvalue weighted by atomic mass is 19.1. The number of hydrogen-bond donors (Lipinski definition) is 1. The van der Waals surface area contributed by atoms with Crippen molar-refractivity contribution in [1.82, 2.24) is 15.1 Å². The summed E-state index contributed by atoms with van der Waals surface area (Å²) in [6.45, 7) is 3.00. The number of imide groups is 1. The first-order valence-electron chi connectivity index (χ1n) is 10.3. The van der Waals surface area contributed by atoms with Gasteiger partial charge in [0.2, 0.25) is 0 Å². The summed E-state index contributed by atoms with van der Waals surface area (Å²) in [5.74, 6) is -2.42. The van der Waals surface area contributed by atoms with Gasteiger partial charge in [-0.05, 0) is 43.2 Å². The van der Waals surface area contributed by atoms with Crippen molar-refractivity contribution in [1.29, 1.82) is 0 Å². The molecule has 2 atom stereocenters. The predicted octanol–water partition coefficient (Wildman–Crippen LogP) is 2.63. The van der Waals surface area contributed by atoms with Gasteiger partial charge in [0.15, 0.2) is 17.1 Å². The Kier molecular flexibility index (Phi) is 5.47. The molecule has 1 saturated heterocycles. The Morgan fingerprint density at radius 2 is 1.91 bits per heavy atom. The van der Waals surface area contributed by atoms with Crippen LogP contribution in [0.15, 0.2) is 30.3 Å². The minimum absolute atomic E-state index is 0.193. The third-order valence-corrected chi connectivity index (χ3v) is 6.31. The Hall–Kier alpha value is -3.69. The number of nitrogens with one attached hydrogen (secondary N) is 1. The Morgan fingerprint density at radius 1 is 1.18 bits per heavy atom. The van der Waals surface area contributed by atoms with E-state index in [9.17, 15) is 23.2 Å². The van der Waals surface area contributed by atoms with E-state index in [2.05, 4.69) is 5.32 Å². The lowest BCUT2D eigenvalue weighted by atomic mass is 9.90. The summed E-state index contributed by atoms with van der Waals surface area (Å²) >= 11 is 0. The number of rotatable bonds is 6. The molecular formula is C23H23F2N3O5. The molecule has 33 heavy (non-hydrogen) atoms. The highest BCUT2D eigenvalue weighted by Crippen LogP contribution is 2.35. The van der Waals surface area contributed by atoms with Crippen LogP contribution in [-0.2, 0) is 11.3 Å². The number of benzene rings is 2. The average molecular weight is 459 g/mol. The van der Waals surface area contributed by atoms with E-state index >= 15 is 0 Å². The van der Waals surface area contributed by atoms with E-state index in [0.29, 0.717) is 17.4 Å². The number of carbonyl (C=O) groups is 3. The molecule has 0 bridgehead atoms. The van der Waals surface area contributed by atoms with E-state index in [0.717, 1.165) is 16.5 Å². The fourth-order valence-corrected chi connectivity index (χ4v) is 4.38. The summed E-state index contributed by atoms with van der Waals surface area (Å²) in [6.07, 6.45) is -1.08. The van der Waals surface area contributed by atoms with Crippen LogP contribution < -0.4 is 14.8 Å². The maximum Gasteiger partial charge on any atom is 0.324 e. The molecule has 1 fully saturated rings. The maximum absolute atomic E-state index is 14.4. The van der Waals surface area contributed by atoms with Crippen LogP contribution in [0, 0.1) is 18.6 Å². The van der Waals surface area contributed by atoms with Crippen molar-refractivity contribution in [3.8, 4) is 11.5 Å². The second-order valence-electron chi connectivity index (χ2n) is 8.22. The van der Waals surface area contributed by atoms with Crippen molar-refractivity contribution in [3.63, 3.8) is 0 Å². The van der Waals surface area contributed by atoms with E-state index in [1.807, 2.05) is 0 Å². The fourth-order valence-electron chi connectivity index (χ4n) is 4.38. The van der Waals surface area contributed by atoms with Gasteiger partial charge in [-0.3, -0.25) is 14.9 Å². The molecule has 4 amide bonds. The number of aryl methyl sites for hydroxylation is 1. The topological polar surface area (TPSA) is 88.2 Å². The van der Waals surface area contributed by atoms with Crippen LogP contribution in [0.4, 0.5) is 13.6 Å². The number of fused-ring (bicyclic) bond motifs is 1. The van der Waals surface area contributed by atoms with Crippen LogP contribution in [0.1, 0.15) is 28.4 Å². The normalized spacial score (nSPS) is 20.7. The van der Waals surface area contributed by atoms with Crippen LogP contribution in [-0.4, -0.2) is 60.0 Å². The molecule has 2 heterocycles. The predicted molar refractivity (Wildman–Crippen MR) is 113 cm³/mol. The van der Waals surface area contributed by atoms with Gasteiger partial charge >= 0.3 is 6.03 Å². The number of halogens is 2. The molecule has 0 aliphatic carbocycles. The molecule has 1 unspecified atom stereocenters. The zero-order chi connectivity index (χ0) is 24.1. The lowest BCUT2D eigenvalue weighted by Gasteiger charge is -2.40. The molecule has 8 nitrogen and oxygen atoms in total. The summed E-state index contributed by atoms with van der Waals surface area (Å²) in [7, 11) is 2.90. The van der Waals surface area contributed by atoms with Gasteiger partial charge in [0, 0.05) is 25.2 Å². The molecular weight excluding hydrogens is 436 g/mol. The monoisotopic (exact) mass is 459 g/mol. The molecule has 2 aliphatic rings. The first-order valence-corrected chi connectivity index (χ1v) is 10.3. The Morgan fingerprint density at radius 3 is 2.52 bits per heavy atom. The molecule has 10 heteroatoms. The van der Waals surface area contributed by atoms with E-state index in [1.165, 1.54) is 32.9 Å². The summed E-state index contributed by atoms with van der Waals surface area (Å²) in [4.78, 5) is 41.2. The average Bonchev–Trinajstić information content (AvgIpc) is 3.18. The SMILES string of the molecule is COc1ccc2c(c1)C(=O)N(C[C@]1(C(C)Oc3c(C)cc(F)cc3F)C(=O)NC(=O)N1C)C2. The van der Waals surface area contributed by atoms with Crippen molar-refractivity contribution in [3.05, 3.63) is 58.7 Å². The number of carbonyl (C=O) groups excluding carboxylic acids is 3. The molecule has 2 aromatic rings. The highest BCUT2D eigenvalue weighted by molar-refractivity contribution is 6.08. The van der Waals surface area contributed by atoms with Gasteiger partial charge in [-0.25, -0.2) is 13.6 Å². The fraction of sp³-hybridized carbons (Fsp3) is 0.348. The van der Waals surface area contributed by atoms with Gasteiger partial charge in [0.25, 0.3) is 11.8 Å². The van der Waals surface area contributed by atoms with Crippen LogP contribution in [0.2, 0.25) is 0 Å². The first kappa shape index (κ1) is 22.5. The standard InChI is InChI=1S/C23H23F2N3O5/c1-12-7-15(24)8-18(25)19(12)33-13(2)23(21(30)26-22(31)27(23)3)11-28-10-14-5-6-16(32-4)9-17(14)20(28)29/h5-9,13H,10-11H2,1-4H3,(H,26,30,31)/t13?,23-/m0/s1. The van der Waals surface area contributed by atoms with Gasteiger partial charge in [0.1, 0.15) is 17.7 Å². The minimum atomic E-state index is -1.65. The van der Waals surface area contributed by atoms with E-state index in [1.54, 1.807) is 18.2 Å². The molecule has 0 spiro atoms. The molecule has 0 saturated carbocycles. The molecule has 0 aromatic heterocycles. The van der Waals surface area contributed by atoms with Crippen molar-refractivity contribution in [2.45, 2.75) is 32.0 Å². The number of likely N-dealkylation sites (N-methyl/N-ethyl adjacent to an activating group) is 1. The number of nitrogens with zero attached hydrogens (tertiary/aromatic N) is 2. The minimum Gasteiger partial charge on any atom is -0.497 e. The van der Waals surface area contributed by atoms with Gasteiger partial charge in [-0.15, -0.1) is 0 Å². The van der Waals surface area contributed by atoms with Gasteiger partial charge < -0.3 is 19.3 Å². The smallest absolute Gasteiger partial charge is 0.324 e. The third kappa shape index (κ3) is 3.55. The van der Waals surface area contributed by atoms with Gasteiger partial charge in [-0.2, -0.15) is 0 Å². The van der Waals surface area contributed by atoms with E-state index < -0.39 is 35.2 Å². The second kappa shape index (κ2) is 8.02. The van der Waals surface area contributed by atoms with Gasteiger partial charge in [-0.1, -0.05) is 6.07 Å². The van der Waals surface area contributed by atoms with Crippen LogP contribution in [0.25, 0.3) is 0 Å². The molecule has 0 radical (unpaired) electrons. The van der Waals surface area contributed by atoms with Crippen molar-refractivity contribution < 1.29 is 32.6 Å². The van der Waals surface area contributed by atoms with Gasteiger partial charge in [0.05, 0.1) is 13.7 Å². The molecule has 2 aliphatic heterocycles. The third-order valence-electron chi connectivity index (χ3n) is 6.31. The highest BCUT2D eigenvalue weighted by Gasteiger charge is 2.58. The summed E-state index contributed by atoms with van der Waals surface area (Å²) < 4.78 is 39.0. The summed E-state index contributed by atoms with van der Waals surface area (Å²) in [6, 6.07) is 6.23. The van der Waals surface area contributed by atoms with E-state index in [-0.39, 0.29) is 30.3 Å². The largest absolute Gasteiger partial charge is 0.497 e.